The predicted molar refractivity (Wildman–Crippen MR) is 64.6 cm³/mol. The first-order valence-corrected chi connectivity index (χ1v) is 5.70. The molecular formula is C11H12ClN3OS. The van der Waals surface area contributed by atoms with Gasteiger partial charge in [-0.2, -0.15) is 5.32 Å². The van der Waals surface area contributed by atoms with Gasteiger partial charge in [0.15, 0.2) is 0 Å². The second-order valence-electron chi connectivity index (χ2n) is 3.26. The zero-order chi connectivity index (χ0) is 11.4. The van der Waals surface area contributed by atoms with Gasteiger partial charge in [-0.25, -0.2) is 9.36 Å². The topological polar surface area (TPSA) is 45.0 Å². The second kappa shape index (κ2) is 6.22. The summed E-state index contributed by atoms with van der Waals surface area (Å²) in [6.45, 7) is 0. The van der Waals surface area contributed by atoms with E-state index in [1.807, 2.05) is 53.5 Å². The summed E-state index contributed by atoms with van der Waals surface area (Å²) in [5.74, 6) is 0. The van der Waals surface area contributed by atoms with Gasteiger partial charge in [0.25, 0.3) is 0 Å². The SMILES string of the molecule is C[n+]1ccsc1NC(=O)Nc1ccccc1.[Cl-]. The summed E-state index contributed by atoms with van der Waals surface area (Å²) in [5, 5.41) is 8.24. The summed E-state index contributed by atoms with van der Waals surface area (Å²) >= 11 is 1.48. The van der Waals surface area contributed by atoms with Crippen molar-refractivity contribution in [2.45, 2.75) is 0 Å². The molecule has 4 nitrogen and oxygen atoms in total. The van der Waals surface area contributed by atoms with Gasteiger partial charge in [-0.1, -0.05) is 29.5 Å². The summed E-state index contributed by atoms with van der Waals surface area (Å²) in [4.78, 5) is 11.6. The number of thiazole rings is 1. The van der Waals surface area contributed by atoms with Crippen molar-refractivity contribution in [1.29, 1.82) is 0 Å². The number of urea groups is 1. The van der Waals surface area contributed by atoms with Crippen LogP contribution in [0.5, 0.6) is 0 Å². The van der Waals surface area contributed by atoms with Gasteiger partial charge in [0, 0.05) is 11.1 Å². The molecule has 0 bridgehead atoms. The quantitative estimate of drug-likeness (QED) is 0.691. The van der Waals surface area contributed by atoms with Gasteiger partial charge in [-0.15, -0.1) is 0 Å². The number of amides is 2. The van der Waals surface area contributed by atoms with Gasteiger partial charge in [0.05, 0.1) is 7.05 Å². The molecule has 0 radical (unpaired) electrons. The van der Waals surface area contributed by atoms with E-state index >= 15 is 0 Å². The minimum atomic E-state index is -0.232. The zero-order valence-electron chi connectivity index (χ0n) is 9.18. The molecule has 1 aromatic carbocycles. The highest BCUT2D eigenvalue weighted by molar-refractivity contribution is 7.13. The van der Waals surface area contributed by atoms with Crippen LogP contribution in [0.2, 0.25) is 0 Å². The second-order valence-corrected chi connectivity index (χ2v) is 4.16. The minimum Gasteiger partial charge on any atom is -1.00 e. The van der Waals surface area contributed by atoms with E-state index in [0.717, 1.165) is 10.8 Å². The third-order valence-corrected chi connectivity index (χ3v) is 2.91. The lowest BCUT2D eigenvalue weighted by Gasteiger charge is -2.01. The van der Waals surface area contributed by atoms with Gasteiger partial charge in [-0.3, -0.25) is 5.32 Å². The van der Waals surface area contributed by atoms with E-state index in [2.05, 4.69) is 10.6 Å². The Labute approximate surface area is 110 Å². The van der Waals surface area contributed by atoms with E-state index < -0.39 is 0 Å². The van der Waals surface area contributed by atoms with Gasteiger partial charge >= 0.3 is 11.2 Å². The standard InChI is InChI=1S/C11H11N3OS.ClH/c1-14-7-8-16-11(14)13-10(15)12-9-5-3-2-4-6-9;/h2-8H,1H3,(H,12,15);1H. The molecule has 2 rings (SSSR count). The molecule has 0 saturated heterocycles. The Bertz CT molecular complexity index is 486. The molecule has 2 N–H and O–H groups in total. The summed E-state index contributed by atoms with van der Waals surface area (Å²) in [6.07, 6.45) is 1.89. The lowest BCUT2D eigenvalue weighted by molar-refractivity contribution is -0.652. The lowest BCUT2D eigenvalue weighted by atomic mass is 10.3. The Morgan fingerprint density at radius 2 is 1.94 bits per heavy atom. The van der Waals surface area contributed by atoms with Gasteiger partial charge < -0.3 is 12.4 Å². The Morgan fingerprint density at radius 3 is 2.53 bits per heavy atom. The van der Waals surface area contributed by atoms with E-state index in [4.69, 9.17) is 0 Å². The fraction of sp³-hybridized carbons (Fsp3) is 0.0909. The molecule has 17 heavy (non-hydrogen) atoms. The number of anilines is 2. The molecule has 1 aromatic heterocycles. The Hall–Kier alpha value is -1.59. The molecule has 0 unspecified atom stereocenters. The third kappa shape index (κ3) is 3.72. The van der Waals surface area contributed by atoms with Crippen LogP contribution < -0.4 is 27.6 Å². The van der Waals surface area contributed by atoms with Crippen molar-refractivity contribution in [3.63, 3.8) is 0 Å². The molecule has 1 heterocycles. The minimum absolute atomic E-state index is 0. The van der Waals surface area contributed by atoms with Crippen molar-refractivity contribution in [3.05, 3.63) is 41.9 Å². The molecule has 0 atom stereocenters. The van der Waals surface area contributed by atoms with Crippen molar-refractivity contribution >= 4 is 28.2 Å². The maximum atomic E-state index is 11.6. The monoisotopic (exact) mass is 269 g/mol. The van der Waals surface area contributed by atoms with E-state index in [-0.39, 0.29) is 18.4 Å². The number of nitrogens with one attached hydrogen (secondary N) is 2. The molecule has 6 heteroatoms. The fourth-order valence-electron chi connectivity index (χ4n) is 1.24. The number of aryl methyl sites for hydroxylation is 1. The normalized spacial score (nSPS) is 9.24. The summed E-state index contributed by atoms with van der Waals surface area (Å²) in [5.41, 5.74) is 0.777. The summed E-state index contributed by atoms with van der Waals surface area (Å²) < 4.78 is 1.86. The van der Waals surface area contributed by atoms with Crippen LogP contribution in [0, 0.1) is 0 Å². The van der Waals surface area contributed by atoms with Crippen LogP contribution in [0.3, 0.4) is 0 Å². The number of benzene rings is 1. The van der Waals surface area contributed by atoms with E-state index in [1.165, 1.54) is 11.3 Å². The molecule has 90 valence electrons. The zero-order valence-corrected chi connectivity index (χ0v) is 10.8. The van der Waals surface area contributed by atoms with E-state index in [9.17, 15) is 4.79 Å². The highest BCUT2D eigenvalue weighted by atomic mass is 35.5. The summed E-state index contributed by atoms with van der Waals surface area (Å²) in [7, 11) is 1.88. The first kappa shape index (κ1) is 13.5. The number of hydrogen-bond donors (Lipinski definition) is 2. The third-order valence-electron chi connectivity index (χ3n) is 2.04. The first-order valence-electron chi connectivity index (χ1n) is 4.82. The molecule has 0 spiro atoms. The van der Waals surface area contributed by atoms with Crippen LogP contribution in [-0.2, 0) is 7.05 Å². The van der Waals surface area contributed by atoms with Crippen molar-refractivity contribution in [1.82, 2.24) is 0 Å². The number of rotatable bonds is 2. The van der Waals surface area contributed by atoms with Crippen LogP contribution in [0.25, 0.3) is 0 Å². The van der Waals surface area contributed by atoms with Crippen LogP contribution >= 0.6 is 11.3 Å². The average molecular weight is 270 g/mol. The average Bonchev–Trinajstić information content (AvgIpc) is 2.66. The van der Waals surface area contributed by atoms with Crippen molar-refractivity contribution in [3.8, 4) is 0 Å². The number of para-hydroxylation sites is 1. The number of carbonyl (C=O) groups excluding carboxylic acids is 1. The number of hydrogen-bond acceptors (Lipinski definition) is 2. The Kier molecular flexibility index (Phi) is 4.93. The smallest absolute Gasteiger partial charge is 0.411 e. The van der Waals surface area contributed by atoms with Gasteiger partial charge in [0.2, 0.25) is 0 Å². The molecule has 2 aromatic rings. The van der Waals surface area contributed by atoms with E-state index in [1.54, 1.807) is 0 Å². The van der Waals surface area contributed by atoms with E-state index in [0.29, 0.717) is 0 Å². The number of aromatic nitrogens is 1. The molecule has 0 aliphatic heterocycles. The number of halogens is 1. The highest BCUT2D eigenvalue weighted by Crippen LogP contribution is 2.09. The largest absolute Gasteiger partial charge is 1.00 e. The molecule has 0 fully saturated rings. The maximum Gasteiger partial charge on any atom is 0.411 e. The molecule has 0 aliphatic carbocycles. The van der Waals surface area contributed by atoms with Gasteiger partial charge in [-0.05, 0) is 12.1 Å². The molecule has 0 saturated carbocycles. The highest BCUT2D eigenvalue weighted by Gasteiger charge is 2.13. The van der Waals surface area contributed by atoms with Crippen LogP contribution in [-0.4, -0.2) is 6.03 Å². The Balaban J connectivity index is 0.00000144. The fourth-order valence-corrected chi connectivity index (χ4v) is 1.99. The van der Waals surface area contributed by atoms with Crippen LogP contribution in [0.4, 0.5) is 15.6 Å². The Morgan fingerprint density at radius 1 is 1.24 bits per heavy atom. The number of carbonyl (C=O) groups is 1. The summed E-state index contributed by atoms with van der Waals surface area (Å²) in [6, 6.07) is 9.11. The predicted octanol–water partition coefficient (Wildman–Crippen LogP) is -0.779. The van der Waals surface area contributed by atoms with Crippen molar-refractivity contribution in [2.75, 3.05) is 10.6 Å². The van der Waals surface area contributed by atoms with Crippen LogP contribution in [0.1, 0.15) is 0 Å². The van der Waals surface area contributed by atoms with Crippen molar-refractivity contribution in [2.24, 2.45) is 7.05 Å². The molecular weight excluding hydrogens is 258 g/mol. The van der Waals surface area contributed by atoms with Crippen LogP contribution in [0.15, 0.2) is 41.9 Å². The molecule has 0 aliphatic rings. The number of nitrogens with zero attached hydrogens (tertiary/aromatic N) is 1. The maximum absolute atomic E-state index is 11.6. The van der Waals surface area contributed by atoms with Gasteiger partial charge in [0.1, 0.15) is 6.20 Å². The lowest BCUT2D eigenvalue weighted by Crippen LogP contribution is -3.00. The van der Waals surface area contributed by atoms with Crippen molar-refractivity contribution < 1.29 is 21.8 Å². The molecule has 2 amide bonds. The first-order chi connectivity index (χ1) is 7.75.